The molecule has 0 aliphatic heterocycles. The van der Waals surface area contributed by atoms with Crippen molar-refractivity contribution >= 4 is 26.4 Å². The highest BCUT2D eigenvalue weighted by molar-refractivity contribution is 7.27. The molecule has 0 aliphatic carbocycles. The first kappa shape index (κ1) is 19.8. The third-order valence-corrected chi connectivity index (χ3v) is 4.25. The lowest BCUT2D eigenvalue weighted by Gasteiger charge is -2.15. The zero-order valence-electron chi connectivity index (χ0n) is 15.4. The molecule has 1 amide bonds. The number of nitrogens with one attached hydrogen (secondary N) is 1. The van der Waals surface area contributed by atoms with Gasteiger partial charge >= 0.3 is 0 Å². The minimum absolute atomic E-state index is 0.0430. The zero-order valence-corrected chi connectivity index (χ0v) is 16.5. The van der Waals surface area contributed by atoms with Crippen LogP contribution in [0, 0.1) is 5.82 Å². The Morgan fingerprint density at radius 2 is 1.93 bits per heavy atom. The highest BCUT2D eigenvalue weighted by Gasteiger charge is 2.16. The van der Waals surface area contributed by atoms with Crippen molar-refractivity contribution in [1.29, 1.82) is 0 Å². The van der Waals surface area contributed by atoms with Crippen LogP contribution in [0.3, 0.4) is 0 Å². The average Bonchev–Trinajstić information content (AvgIpc) is 2.63. The molecule has 2 heterocycles. The molecule has 1 unspecified atom stereocenters. The predicted molar refractivity (Wildman–Crippen MR) is 108 cm³/mol. The number of halogens is 1. The highest BCUT2D eigenvalue weighted by atomic mass is 31.0. The van der Waals surface area contributed by atoms with Crippen LogP contribution in [0.15, 0.2) is 47.5 Å². The molecule has 9 heteroatoms. The van der Waals surface area contributed by atoms with Gasteiger partial charge in [-0.15, -0.1) is 9.24 Å². The van der Waals surface area contributed by atoms with E-state index < -0.39 is 17.3 Å². The van der Waals surface area contributed by atoms with E-state index in [2.05, 4.69) is 29.6 Å². The third kappa shape index (κ3) is 4.64. The van der Waals surface area contributed by atoms with Gasteiger partial charge < -0.3 is 0 Å². The summed E-state index contributed by atoms with van der Waals surface area (Å²) in [4.78, 5) is 32.6. The minimum Gasteiger partial charge on any atom is -0.293 e. The number of nitrogens with zero attached hydrogens (tertiary/aromatic N) is 4. The van der Waals surface area contributed by atoms with Crippen molar-refractivity contribution in [3.05, 3.63) is 64.6 Å². The molecule has 0 spiro atoms. The molecule has 0 radical (unpaired) electrons. The monoisotopic (exact) mass is 399 g/mol. The van der Waals surface area contributed by atoms with E-state index in [1.807, 2.05) is 13.8 Å². The largest absolute Gasteiger partial charge is 0.293 e. The molecule has 1 N–H and O–H groups in total. The van der Waals surface area contributed by atoms with Crippen LogP contribution in [0.4, 0.5) is 10.3 Å². The molecular formula is C19H19FN5O2P. The fraction of sp³-hybridized carbons (Fsp3) is 0.211. The van der Waals surface area contributed by atoms with Gasteiger partial charge in [-0.05, 0) is 41.1 Å². The maximum Gasteiger partial charge on any atom is 0.267 e. The van der Waals surface area contributed by atoms with Crippen molar-refractivity contribution in [2.45, 2.75) is 26.3 Å². The Morgan fingerprint density at radius 3 is 2.57 bits per heavy atom. The second-order valence-electron chi connectivity index (χ2n) is 6.49. The molecule has 2 aromatic heterocycles. The molecule has 28 heavy (non-hydrogen) atoms. The quantitative estimate of drug-likeness (QED) is 0.664. The van der Waals surface area contributed by atoms with Crippen LogP contribution in [-0.4, -0.2) is 25.7 Å². The van der Waals surface area contributed by atoms with E-state index in [4.69, 9.17) is 0 Å². The third-order valence-electron chi connectivity index (χ3n) is 3.91. The van der Waals surface area contributed by atoms with E-state index in [1.54, 1.807) is 12.1 Å². The molecule has 0 fully saturated rings. The smallest absolute Gasteiger partial charge is 0.267 e. The zero-order chi connectivity index (χ0) is 20.3. The van der Waals surface area contributed by atoms with Gasteiger partial charge in [0.1, 0.15) is 12.4 Å². The lowest BCUT2D eigenvalue weighted by molar-refractivity contribution is -0.117. The van der Waals surface area contributed by atoms with E-state index in [9.17, 15) is 14.0 Å². The number of aromatic nitrogens is 4. The summed E-state index contributed by atoms with van der Waals surface area (Å²) in [6.45, 7) is 3.55. The van der Waals surface area contributed by atoms with Crippen LogP contribution >= 0.6 is 9.24 Å². The SMILES string of the molecule is CC(C)c1nn(CC(=O)Nc2ncccn2)c(=O)cc1-c1cc(F)cc(P)c1. The van der Waals surface area contributed by atoms with Crippen LogP contribution in [0.5, 0.6) is 0 Å². The average molecular weight is 399 g/mol. The first-order valence-corrected chi connectivity index (χ1v) is 9.16. The number of carbonyl (C=O) groups is 1. The Bertz CT molecular complexity index is 1050. The summed E-state index contributed by atoms with van der Waals surface area (Å²) < 4.78 is 14.9. The van der Waals surface area contributed by atoms with Crippen LogP contribution in [-0.2, 0) is 11.3 Å². The molecule has 1 atom stereocenters. The number of hydrogen-bond acceptors (Lipinski definition) is 5. The summed E-state index contributed by atoms with van der Waals surface area (Å²) in [7, 11) is 2.44. The fourth-order valence-corrected chi connectivity index (χ4v) is 3.05. The van der Waals surface area contributed by atoms with Gasteiger partial charge in [0.2, 0.25) is 11.9 Å². The molecule has 0 bridgehead atoms. The van der Waals surface area contributed by atoms with Gasteiger partial charge in [-0.25, -0.2) is 19.0 Å². The second-order valence-corrected chi connectivity index (χ2v) is 7.15. The van der Waals surface area contributed by atoms with Crippen molar-refractivity contribution in [2.24, 2.45) is 0 Å². The number of anilines is 1. The van der Waals surface area contributed by atoms with Gasteiger partial charge in [0.05, 0.1) is 5.69 Å². The molecule has 1 aromatic carbocycles. The Balaban J connectivity index is 1.95. The molecule has 7 nitrogen and oxygen atoms in total. The fourth-order valence-electron chi connectivity index (χ4n) is 2.71. The molecule has 144 valence electrons. The molecule has 0 saturated carbocycles. The Hall–Kier alpha value is -2.99. The maximum absolute atomic E-state index is 13.8. The van der Waals surface area contributed by atoms with Gasteiger partial charge in [-0.2, -0.15) is 5.10 Å². The first-order chi connectivity index (χ1) is 13.3. The summed E-state index contributed by atoms with van der Waals surface area (Å²) in [5.74, 6) is -0.766. The number of rotatable bonds is 5. The Labute approximate surface area is 163 Å². The highest BCUT2D eigenvalue weighted by Crippen LogP contribution is 2.26. The molecule has 3 aromatic rings. The lowest BCUT2D eigenvalue weighted by atomic mass is 9.98. The van der Waals surface area contributed by atoms with Crippen molar-refractivity contribution in [3.63, 3.8) is 0 Å². The minimum atomic E-state index is -0.471. The molecule has 0 aliphatic rings. The van der Waals surface area contributed by atoms with Crippen LogP contribution in [0.2, 0.25) is 0 Å². The summed E-state index contributed by atoms with van der Waals surface area (Å²) in [5.41, 5.74) is 1.25. The number of amides is 1. The molecular weight excluding hydrogens is 380 g/mol. The number of benzene rings is 1. The van der Waals surface area contributed by atoms with Gasteiger partial charge in [0.15, 0.2) is 0 Å². The standard InChI is InChI=1S/C19H19FN5O2P/c1-11(2)18-15(12-6-13(20)8-14(28)7-12)9-17(27)25(24-18)10-16(26)23-19-21-4-3-5-22-19/h3-9,11H,10,28H2,1-2H3,(H,21,22,23,26). The summed E-state index contributed by atoms with van der Waals surface area (Å²) in [6.07, 6.45) is 3.00. The first-order valence-electron chi connectivity index (χ1n) is 8.59. The van der Waals surface area contributed by atoms with Gasteiger partial charge in [-0.3, -0.25) is 14.9 Å². The van der Waals surface area contributed by atoms with Gasteiger partial charge in [0, 0.05) is 24.0 Å². The van der Waals surface area contributed by atoms with Crippen molar-refractivity contribution in [1.82, 2.24) is 19.7 Å². The molecule has 0 saturated heterocycles. The van der Waals surface area contributed by atoms with Crippen molar-refractivity contribution < 1.29 is 9.18 Å². The predicted octanol–water partition coefficient (Wildman–Crippen LogP) is 2.10. The van der Waals surface area contributed by atoms with Crippen LogP contribution < -0.4 is 16.2 Å². The summed E-state index contributed by atoms with van der Waals surface area (Å²) in [5, 5.41) is 7.54. The number of hydrogen-bond donors (Lipinski definition) is 1. The normalized spacial score (nSPS) is 10.9. The van der Waals surface area contributed by atoms with Crippen molar-refractivity contribution in [3.8, 4) is 11.1 Å². The maximum atomic E-state index is 13.8. The van der Waals surface area contributed by atoms with Gasteiger partial charge in [-0.1, -0.05) is 13.8 Å². The molecule has 3 rings (SSSR count). The number of carbonyl (C=O) groups excluding carboxylic acids is 1. The topological polar surface area (TPSA) is 89.8 Å². The van der Waals surface area contributed by atoms with E-state index in [-0.39, 0.29) is 18.4 Å². The van der Waals surface area contributed by atoms with E-state index >= 15 is 0 Å². The Morgan fingerprint density at radius 1 is 1.21 bits per heavy atom. The van der Waals surface area contributed by atoms with Crippen LogP contribution in [0.25, 0.3) is 11.1 Å². The second kappa shape index (κ2) is 8.35. The van der Waals surface area contributed by atoms with Crippen LogP contribution in [0.1, 0.15) is 25.5 Å². The van der Waals surface area contributed by atoms with E-state index in [0.29, 0.717) is 22.1 Å². The Kier molecular flexibility index (Phi) is 5.90. The summed E-state index contributed by atoms with van der Waals surface area (Å²) in [6, 6.07) is 7.52. The lowest BCUT2D eigenvalue weighted by Crippen LogP contribution is -2.31. The summed E-state index contributed by atoms with van der Waals surface area (Å²) >= 11 is 0. The van der Waals surface area contributed by atoms with E-state index in [1.165, 1.54) is 30.6 Å². The van der Waals surface area contributed by atoms with Crippen molar-refractivity contribution in [2.75, 3.05) is 5.32 Å². The van der Waals surface area contributed by atoms with E-state index in [0.717, 1.165) is 4.68 Å². The van der Waals surface area contributed by atoms with Gasteiger partial charge in [0.25, 0.3) is 5.56 Å².